The minimum absolute atomic E-state index is 0.0888. The molecule has 4 aliphatic rings. The van der Waals surface area contributed by atoms with Gasteiger partial charge in [0.05, 0.1) is 13.2 Å². The van der Waals surface area contributed by atoms with E-state index in [0.717, 1.165) is 68.0 Å². The van der Waals surface area contributed by atoms with Crippen LogP contribution in [-0.2, 0) is 19.4 Å². The Labute approximate surface area is 369 Å². The lowest BCUT2D eigenvalue weighted by atomic mass is 9.87. The zero-order valence-electron chi connectivity index (χ0n) is 41.1. The number of allylic oxidation sites excluding steroid dienone is 5. The number of hydrogen-bond donors (Lipinski definition) is 1. The molecule has 330 valence electrons. The minimum Gasteiger partial charge on any atom is -0.496 e. The number of rotatable bonds is 13. The molecule has 2 aromatic rings. The third-order valence-electron chi connectivity index (χ3n) is 12.3. The van der Waals surface area contributed by atoms with Crippen molar-refractivity contribution in [2.75, 3.05) is 26.7 Å². The fourth-order valence-electron chi connectivity index (χ4n) is 8.41. The fourth-order valence-corrected chi connectivity index (χ4v) is 8.41. The van der Waals surface area contributed by atoms with E-state index in [2.05, 4.69) is 152 Å². The van der Waals surface area contributed by atoms with Gasteiger partial charge in [-0.05, 0) is 140 Å². The second-order valence-electron chi connectivity index (χ2n) is 18.4. The summed E-state index contributed by atoms with van der Waals surface area (Å²) >= 11 is 0. The number of nitrogens with zero attached hydrogens (tertiary/aromatic N) is 2. The summed E-state index contributed by atoms with van der Waals surface area (Å²) in [5.74, 6) is 8.47. The van der Waals surface area contributed by atoms with Gasteiger partial charge in [0.15, 0.2) is 0 Å². The molecule has 2 saturated carbocycles. The number of nitrogens with one attached hydrogen (secondary N) is 1. The minimum atomic E-state index is 0.0888. The van der Waals surface area contributed by atoms with Crippen LogP contribution in [0.15, 0.2) is 83.9 Å². The van der Waals surface area contributed by atoms with Crippen LogP contribution >= 0.6 is 0 Å². The van der Waals surface area contributed by atoms with Crippen LogP contribution in [0.1, 0.15) is 187 Å². The maximum atomic E-state index is 6.00. The van der Waals surface area contributed by atoms with Crippen molar-refractivity contribution in [1.29, 1.82) is 0 Å². The number of benzene rings is 2. The van der Waals surface area contributed by atoms with Crippen LogP contribution in [0.2, 0.25) is 0 Å². The number of hydrogen-bond acceptors (Lipinski definition) is 4. The quantitative estimate of drug-likeness (QED) is 0.161. The molecule has 1 atom stereocenters. The molecule has 2 fully saturated rings. The monoisotopic (exact) mass is 816 g/mol. The molecule has 0 spiro atoms. The summed E-state index contributed by atoms with van der Waals surface area (Å²) in [7, 11) is 1.83. The first-order valence-electron chi connectivity index (χ1n) is 23.7. The first-order valence-corrected chi connectivity index (χ1v) is 23.7. The highest BCUT2D eigenvalue weighted by molar-refractivity contribution is 5.83. The second-order valence-corrected chi connectivity index (χ2v) is 18.4. The summed E-state index contributed by atoms with van der Waals surface area (Å²) in [6, 6.07) is 11.8. The summed E-state index contributed by atoms with van der Waals surface area (Å²) < 4.78 is 6.00. The van der Waals surface area contributed by atoms with E-state index in [1.807, 2.05) is 34.8 Å². The van der Waals surface area contributed by atoms with Gasteiger partial charge in [-0.1, -0.05) is 132 Å². The molecule has 0 saturated heterocycles. The Morgan fingerprint density at radius 1 is 1.02 bits per heavy atom. The smallest absolute Gasteiger partial charge is 0.124 e. The third-order valence-corrected chi connectivity index (χ3v) is 12.3. The molecule has 2 aliphatic heterocycles. The molecular formula is C56H85N3O. The van der Waals surface area contributed by atoms with Gasteiger partial charge in [-0.3, -0.25) is 4.90 Å². The molecule has 4 heteroatoms. The highest BCUT2D eigenvalue weighted by Crippen LogP contribution is 2.48. The first kappa shape index (κ1) is 50.4. The molecule has 60 heavy (non-hydrogen) atoms. The van der Waals surface area contributed by atoms with Crippen molar-refractivity contribution in [3.63, 3.8) is 0 Å². The van der Waals surface area contributed by atoms with E-state index in [1.165, 1.54) is 83.2 Å². The Bertz CT molecular complexity index is 1910. The van der Waals surface area contributed by atoms with E-state index in [0.29, 0.717) is 17.4 Å². The number of aryl methyl sites for hydroxylation is 1. The van der Waals surface area contributed by atoms with E-state index in [1.54, 1.807) is 5.56 Å². The highest BCUT2D eigenvalue weighted by Gasteiger charge is 2.39. The Kier molecular flexibility index (Phi) is 19.6. The van der Waals surface area contributed by atoms with Gasteiger partial charge < -0.3 is 15.0 Å². The third kappa shape index (κ3) is 13.5. The first-order chi connectivity index (χ1) is 28.6. The Balaban J connectivity index is 0.000000299. The van der Waals surface area contributed by atoms with Crippen LogP contribution in [0.4, 0.5) is 0 Å². The van der Waals surface area contributed by atoms with Gasteiger partial charge in [0.25, 0.3) is 0 Å². The fraction of sp³-hybridized carbons (Fsp3) is 0.571. The van der Waals surface area contributed by atoms with Crippen molar-refractivity contribution in [3.05, 3.63) is 117 Å². The molecule has 0 radical (unpaired) electrons. The van der Waals surface area contributed by atoms with Crippen molar-refractivity contribution in [2.24, 2.45) is 10.8 Å². The average molecular weight is 816 g/mol. The predicted molar refractivity (Wildman–Crippen MR) is 263 cm³/mol. The molecule has 0 amide bonds. The van der Waals surface area contributed by atoms with Crippen LogP contribution in [0.5, 0.6) is 5.75 Å². The normalized spacial score (nSPS) is 17.9. The Morgan fingerprint density at radius 2 is 1.70 bits per heavy atom. The molecule has 2 heterocycles. The molecule has 0 aromatic heterocycles. The van der Waals surface area contributed by atoms with E-state index in [-0.39, 0.29) is 5.41 Å². The van der Waals surface area contributed by atoms with Crippen molar-refractivity contribution in [1.82, 2.24) is 15.1 Å². The van der Waals surface area contributed by atoms with Crippen LogP contribution in [0, 0.1) is 22.7 Å². The SMILES string of the molecule is C=C(/C(C#CCCC)=C/C(C)(C)C)N1CCc2c(CC)cccc2C1C.C=C1NC=C(c2cc(OC)c(CN(CCC)CC3(C)CC3)c(C3CC3)c2)C(C)=C1C.CC.CC. The van der Waals surface area contributed by atoms with Gasteiger partial charge in [-0.15, -0.1) is 0 Å². The highest BCUT2D eigenvalue weighted by atomic mass is 16.5. The van der Waals surface area contributed by atoms with Gasteiger partial charge in [0, 0.05) is 60.4 Å². The van der Waals surface area contributed by atoms with E-state index >= 15 is 0 Å². The Hall–Kier alpha value is -3.94. The molecule has 2 aromatic carbocycles. The van der Waals surface area contributed by atoms with Crippen LogP contribution in [0.3, 0.4) is 0 Å². The van der Waals surface area contributed by atoms with Crippen molar-refractivity contribution < 1.29 is 4.74 Å². The lowest BCUT2D eigenvalue weighted by Crippen LogP contribution is -2.34. The second kappa shape index (κ2) is 23.3. The summed E-state index contributed by atoms with van der Waals surface area (Å²) in [5, 5.41) is 3.35. The molecule has 2 aliphatic carbocycles. The zero-order valence-corrected chi connectivity index (χ0v) is 41.1. The number of fused-ring (bicyclic) bond motifs is 1. The Morgan fingerprint density at radius 3 is 2.27 bits per heavy atom. The number of ether oxygens (including phenoxy) is 1. The average Bonchev–Trinajstić information content (AvgIpc) is 4.19. The van der Waals surface area contributed by atoms with Gasteiger partial charge in [-0.25, -0.2) is 0 Å². The molecule has 1 unspecified atom stereocenters. The van der Waals surface area contributed by atoms with Crippen LogP contribution in [-0.4, -0.2) is 36.5 Å². The van der Waals surface area contributed by atoms with Gasteiger partial charge in [-0.2, -0.15) is 0 Å². The summed E-state index contributed by atoms with van der Waals surface area (Å²) in [6.07, 6.45) is 15.1. The maximum absolute atomic E-state index is 6.00. The topological polar surface area (TPSA) is 27.7 Å². The van der Waals surface area contributed by atoms with Gasteiger partial charge in [0.1, 0.15) is 5.75 Å². The van der Waals surface area contributed by atoms with E-state index in [9.17, 15) is 0 Å². The summed E-state index contributed by atoms with van der Waals surface area (Å²) in [4.78, 5) is 5.11. The number of methoxy groups -OCH3 is 1. The van der Waals surface area contributed by atoms with Crippen LogP contribution < -0.4 is 10.1 Å². The van der Waals surface area contributed by atoms with E-state index in [4.69, 9.17) is 4.74 Å². The van der Waals surface area contributed by atoms with Crippen molar-refractivity contribution >= 4 is 5.57 Å². The lowest BCUT2D eigenvalue weighted by Gasteiger charge is -2.39. The molecule has 4 nitrogen and oxygen atoms in total. The van der Waals surface area contributed by atoms with E-state index < -0.39 is 0 Å². The lowest BCUT2D eigenvalue weighted by molar-refractivity contribution is 0.217. The summed E-state index contributed by atoms with van der Waals surface area (Å²) in [5.41, 5.74) is 16.2. The van der Waals surface area contributed by atoms with Gasteiger partial charge >= 0.3 is 0 Å². The van der Waals surface area contributed by atoms with Crippen molar-refractivity contribution in [3.8, 4) is 17.6 Å². The zero-order chi connectivity index (χ0) is 44.8. The molecular weight excluding hydrogens is 731 g/mol. The standard InChI is InChI=1S/C27H38N2O.C25H35N.2C2H6/c1-7-12-29(17-27(5)10-11-27)16-25-23(21-8-9-21)13-22(14-26(25)30-6)24-15-28-20(4)18(2)19(24)3;1-8-10-11-13-22(18-25(5,6)7)19(3)26-17-16-24-21(9-2)14-12-15-23(24)20(26)4;2*1-2/h13-15,21,28H,4,7-12,16-17H2,1-3,5-6H3;12,14-15,18,20H,3,8-10,16-17H2,1-2,4-7H3;2*1-2H3/b;22-18+;;. The number of dihydropyridines is 1. The van der Waals surface area contributed by atoms with Crippen LogP contribution in [0.25, 0.3) is 5.57 Å². The maximum Gasteiger partial charge on any atom is 0.124 e. The molecule has 1 N–H and O–H groups in total. The predicted octanol–water partition coefficient (Wildman–Crippen LogP) is 14.9. The van der Waals surface area contributed by atoms with Crippen molar-refractivity contribution in [2.45, 2.75) is 173 Å². The largest absolute Gasteiger partial charge is 0.496 e. The summed E-state index contributed by atoms with van der Waals surface area (Å²) in [6.45, 7) is 43.4. The molecule has 0 bridgehead atoms. The molecule has 6 rings (SSSR count). The van der Waals surface area contributed by atoms with Gasteiger partial charge in [0.2, 0.25) is 0 Å². The number of unbranched alkanes of at least 4 members (excludes halogenated alkanes) is 1.